The Labute approximate surface area is 308 Å². The van der Waals surface area contributed by atoms with Crippen molar-refractivity contribution in [2.24, 2.45) is 0 Å². The van der Waals surface area contributed by atoms with Gasteiger partial charge >= 0.3 is 5.97 Å². The van der Waals surface area contributed by atoms with Gasteiger partial charge in [0.25, 0.3) is 11.8 Å². The van der Waals surface area contributed by atoms with Gasteiger partial charge in [-0.2, -0.15) is 5.48 Å². The first-order valence-corrected chi connectivity index (χ1v) is 17.7. The molecule has 0 unspecified atom stereocenters. The first kappa shape index (κ1) is 36.9. The fourth-order valence-corrected chi connectivity index (χ4v) is 6.55. The van der Waals surface area contributed by atoms with Crippen molar-refractivity contribution in [2.75, 3.05) is 49.2 Å². The summed E-state index contributed by atoms with van der Waals surface area (Å²) in [6, 6.07) is 35.8. The van der Waals surface area contributed by atoms with Gasteiger partial charge in [-0.1, -0.05) is 84.9 Å². The van der Waals surface area contributed by atoms with Crippen LogP contribution in [0.4, 0.5) is 11.4 Å². The van der Waals surface area contributed by atoms with E-state index in [2.05, 4.69) is 39.5 Å². The van der Waals surface area contributed by atoms with Crippen LogP contribution in [0.5, 0.6) is 0 Å². The standard InChI is InChI=1S/C42H42N4O7/c1-2-44(25-26-52-29-38(49)53-43-23-24-46-36(47)21-22-37(46)48)34-17-13-32(14-18-34)39-41(50)40(42(39)51)33-15-19-35(20-16-33)45(27-30-9-5-3-6-10-30)28-31-11-7-4-8-12-31/h3-22,39-40,43H,2,23-29H2,1H3. The van der Waals surface area contributed by atoms with E-state index in [9.17, 15) is 24.0 Å². The summed E-state index contributed by atoms with van der Waals surface area (Å²) in [5, 5.41) is 0. The summed E-state index contributed by atoms with van der Waals surface area (Å²) in [6.45, 7) is 4.75. The molecule has 1 N–H and O–H groups in total. The van der Waals surface area contributed by atoms with E-state index in [0.29, 0.717) is 24.2 Å². The summed E-state index contributed by atoms with van der Waals surface area (Å²) in [6.07, 6.45) is 2.38. The van der Waals surface area contributed by atoms with Gasteiger partial charge < -0.3 is 19.4 Å². The summed E-state index contributed by atoms with van der Waals surface area (Å²) in [5.74, 6) is -3.19. The molecule has 2 aliphatic rings. The van der Waals surface area contributed by atoms with Gasteiger partial charge in [-0.3, -0.25) is 24.1 Å². The van der Waals surface area contributed by atoms with E-state index in [1.54, 1.807) is 0 Å². The van der Waals surface area contributed by atoms with Crippen LogP contribution in [0, 0.1) is 0 Å². The van der Waals surface area contributed by atoms with Gasteiger partial charge in [0.15, 0.2) is 11.6 Å². The molecule has 0 bridgehead atoms. The summed E-state index contributed by atoms with van der Waals surface area (Å²) >= 11 is 0. The molecule has 11 heteroatoms. The van der Waals surface area contributed by atoms with E-state index in [1.807, 2.05) is 91.9 Å². The molecular weight excluding hydrogens is 672 g/mol. The lowest BCUT2D eigenvalue weighted by Gasteiger charge is -2.33. The fourth-order valence-electron chi connectivity index (χ4n) is 6.55. The topological polar surface area (TPSA) is 126 Å². The minimum atomic E-state index is -0.785. The monoisotopic (exact) mass is 714 g/mol. The number of carbonyl (C=O) groups excluding carboxylic acids is 5. The maximum absolute atomic E-state index is 13.4. The van der Waals surface area contributed by atoms with E-state index >= 15 is 0 Å². The Morgan fingerprint density at radius 3 is 1.66 bits per heavy atom. The smallest absolute Gasteiger partial charge is 0.350 e. The zero-order chi connectivity index (χ0) is 37.2. The first-order valence-electron chi connectivity index (χ1n) is 17.7. The van der Waals surface area contributed by atoms with Crippen molar-refractivity contribution in [3.05, 3.63) is 144 Å². The van der Waals surface area contributed by atoms with Gasteiger partial charge in [-0.15, -0.1) is 0 Å². The molecule has 1 heterocycles. The number of nitrogens with one attached hydrogen (secondary N) is 1. The normalized spacial score (nSPS) is 16.5. The summed E-state index contributed by atoms with van der Waals surface area (Å²) in [7, 11) is 0. The number of ketones is 2. The van der Waals surface area contributed by atoms with E-state index < -0.39 is 29.6 Å². The van der Waals surface area contributed by atoms with Crippen LogP contribution in [0.2, 0.25) is 0 Å². The molecule has 1 saturated carbocycles. The molecule has 11 nitrogen and oxygen atoms in total. The number of hydrogen-bond acceptors (Lipinski definition) is 10. The lowest BCUT2D eigenvalue weighted by molar-refractivity contribution is -0.156. The molecule has 1 aliphatic heterocycles. The van der Waals surface area contributed by atoms with Crippen LogP contribution in [-0.2, 0) is 46.6 Å². The van der Waals surface area contributed by atoms with E-state index in [4.69, 9.17) is 9.57 Å². The molecule has 272 valence electrons. The van der Waals surface area contributed by atoms with Crippen molar-refractivity contribution in [3.63, 3.8) is 0 Å². The highest BCUT2D eigenvalue weighted by atomic mass is 16.7. The third-order valence-corrected chi connectivity index (χ3v) is 9.38. The van der Waals surface area contributed by atoms with Crippen molar-refractivity contribution in [1.29, 1.82) is 0 Å². The lowest BCUT2D eigenvalue weighted by atomic mass is 9.66. The number of Topliss-reactive ketones (excluding diaryl/α,β-unsaturated/α-hetero) is 2. The maximum Gasteiger partial charge on any atom is 0.350 e. The van der Waals surface area contributed by atoms with E-state index in [-0.39, 0.29) is 37.9 Å². The number of amides is 2. The Balaban J connectivity index is 0.975. The van der Waals surface area contributed by atoms with Crippen LogP contribution in [0.25, 0.3) is 0 Å². The van der Waals surface area contributed by atoms with Crippen LogP contribution < -0.4 is 15.3 Å². The first-order chi connectivity index (χ1) is 25.8. The number of hydrogen-bond donors (Lipinski definition) is 1. The molecule has 0 aromatic heterocycles. The third kappa shape index (κ3) is 9.12. The fraction of sp³-hybridized carbons (Fsp3) is 0.262. The van der Waals surface area contributed by atoms with Gasteiger partial charge in [0.2, 0.25) is 0 Å². The highest BCUT2D eigenvalue weighted by Gasteiger charge is 2.50. The maximum atomic E-state index is 13.4. The second-order valence-corrected chi connectivity index (χ2v) is 12.8. The van der Waals surface area contributed by atoms with Crippen molar-refractivity contribution in [1.82, 2.24) is 10.4 Å². The highest BCUT2D eigenvalue weighted by molar-refractivity contribution is 6.31. The van der Waals surface area contributed by atoms with Gasteiger partial charge in [0.05, 0.1) is 13.2 Å². The second kappa shape index (κ2) is 17.5. The number of anilines is 2. The van der Waals surface area contributed by atoms with Gasteiger partial charge in [-0.05, 0) is 53.4 Å². The van der Waals surface area contributed by atoms with Crippen LogP contribution in [0.15, 0.2) is 121 Å². The van der Waals surface area contributed by atoms with Crippen LogP contribution in [0.1, 0.15) is 41.0 Å². The van der Waals surface area contributed by atoms with Crippen molar-refractivity contribution < 1.29 is 33.5 Å². The molecule has 6 rings (SSSR count). The minimum Gasteiger partial charge on any atom is -0.370 e. The number of carbonyl (C=O) groups is 5. The Kier molecular flexibility index (Phi) is 12.2. The molecule has 53 heavy (non-hydrogen) atoms. The Morgan fingerprint density at radius 1 is 0.679 bits per heavy atom. The zero-order valence-electron chi connectivity index (χ0n) is 29.6. The van der Waals surface area contributed by atoms with Crippen LogP contribution in [-0.4, -0.2) is 73.6 Å². The lowest BCUT2D eigenvalue weighted by Crippen LogP contribution is -2.44. The predicted octanol–water partition coefficient (Wildman–Crippen LogP) is 4.73. The SMILES string of the molecule is CCN(CCOCC(=O)ONCCN1C(=O)C=CC1=O)c1ccc(C2C(=O)C(c3ccc(N(Cc4ccccc4)Cc4ccccc4)cc3)C2=O)cc1. The van der Waals surface area contributed by atoms with Crippen LogP contribution >= 0.6 is 0 Å². The summed E-state index contributed by atoms with van der Waals surface area (Å²) < 4.78 is 5.48. The quantitative estimate of drug-likeness (QED) is 0.0670. The second-order valence-electron chi connectivity index (χ2n) is 12.8. The Hall–Kier alpha value is -5.91. The molecule has 1 fully saturated rings. The molecule has 0 spiro atoms. The van der Waals surface area contributed by atoms with Crippen LogP contribution in [0.3, 0.4) is 0 Å². The predicted molar refractivity (Wildman–Crippen MR) is 200 cm³/mol. The van der Waals surface area contributed by atoms with Gasteiger partial charge in [0.1, 0.15) is 18.4 Å². The average Bonchev–Trinajstić information content (AvgIpc) is 3.50. The molecule has 0 saturated heterocycles. The molecule has 0 radical (unpaired) electrons. The summed E-state index contributed by atoms with van der Waals surface area (Å²) in [5.41, 5.74) is 8.11. The van der Waals surface area contributed by atoms with Crippen molar-refractivity contribution in [2.45, 2.75) is 31.8 Å². The number of hydroxylamine groups is 1. The molecule has 4 aromatic rings. The van der Waals surface area contributed by atoms with E-state index in [1.165, 1.54) is 23.3 Å². The summed E-state index contributed by atoms with van der Waals surface area (Å²) in [4.78, 5) is 72.2. The zero-order valence-corrected chi connectivity index (χ0v) is 29.6. The number of rotatable bonds is 18. The largest absolute Gasteiger partial charge is 0.370 e. The molecule has 1 aliphatic carbocycles. The number of imide groups is 1. The number of benzene rings is 4. The molecule has 4 aromatic carbocycles. The van der Waals surface area contributed by atoms with Gasteiger partial charge in [-0.25, -0.2) is 4.79 Å². The Bertz CT molecular complexity index is 1860. The van der Waals surface area contributed by atoms with Crippen molar-refractivity contribution >= 4 is 40.7 Å². The number of nitrogens with zero attached hydrogens (tertiary/aromatic N) is 3. The third-order valence-electron chi connectivity index (χ3n) is 9.38. The average molecular weight is 715 g/mol. The molecule has 2 amide bonds. The minimum absolute atomic E-state index is 0.0747. The highest BCUT2D eigenvalue weighted by Crippen LogP contribution is 2.41. The van der Waals surface area contributed by atoms with E-state index in [0.717, 1.165) is 29.4 Å². The van der Waals surface area contributed by atoms with Crippen molar-refractivity contribution in [3.8, 4) is 0 Å². The molecular formula is C42H42N4O7. The Morgan fingerprint density at radius 2 is 1.17 bits per heavy atom. The number of likely N-dealkylation sites (N-methyl/N-ethyl adjacent to an activating group) is 1. The number of ether oxygens (including phenoxy) is 1. The van der Waals surface area contributed by atoms with Gasteiger partial charge in [0, 0.05) is 56.3 Å². The molecule has 0 atom stereocenters.